The summed E-state index contributed by atoms with van der Waals surface area (Å²) in [7, 11) is -3.92. The van der Waals surface area contributed by atoms with Gasteiger partial charge in [0.1, 0.15) is 10.9 Å². The first-order chi connectivity index (χ1) is 16.6. The molecule has 0 spiro atoms. The van der Waals surface area contributed by atoms with E-state index in [-0.39, 0.29) is 54.2 Å². The molecule has 35 heavy (non-hydrogen) atoms. The second-order valence-corrected chi connectivity index (χ2v) is 10.8. The molecule has 1 aliphatic rings. The molecular formula is C26H33N3O5S. The highest BCUT2D eigenvalue weighted by atomic mass is 32.2. The summed E-state index contributed by atoms with van der Waals surface area (Å²) >= 11 is 0. The molecule has 1 heterocycles. The Morgan fingerprint density at radius 1 is 1.06 bits per heavy atom. The van der Waals surface area contributed by atoms with Crippen molar-refractivity contribution in [1.82, 2.24) is 14.5 Å². The minimum atomic E-state index is -3.92. The average Bonchev–Trinajstić information content (AvgIpc) is 3.03. The summed E-state index contributed by atoms with van der Waals surface area (Å²) in [6.45, 7) is 7.68. The lowest BCUT2D eigenvalue weighted by atomic mass is 10.1. The lowest BCUT2D eigenvalue weighted by Crippen LogP contribution is -2.49. The molecule has 188 valence electrons. The molecule has 0 aromatic heterocycles. The van der Waals surface area contributed by atoms with Gasteiger partial charge < -0.3 is 10.2 Å². The van der Waals surface area contributed by atoms with Gasteiger partial charge in [-0.25, -0.2) is 12.7 Å². The van der Waals surface area contributed by atoms with E-state index in [0.717, 1.165) is 21.9 Å². The summed E-state index contributed by atoms with van der Waals surface area (Å²) in [6, 6.07) is 13.1. The second kappa shape index (κ2) is 11.0. The normalized spacial score (nSPS) is 15.9. The van der Waals surface area contributed by atoms with Crippen LogP contribution >= 0.6 is 0 Å². The Morgan fingerprint density at radius 2 is 1.71 bits per heavy atom. The van der Waals surface area contributed by atoms with Crippen LogP contribution in [0.5, 0.6) is 0 Å². The predicted molar refractivity (Wildman–Crippen MR) is 133 cm³/mol. The summed E-state index contributed by atoms with van der Waals surface area (Å²) < 4.78 is 26.3. The largest absolute Gasteiger partial charge is 0.352 e. The highest BCUT2D eigenvalue weighted by Gasteiger charge is 2.40. The summed E-state index contributed by atoms with van der Waals surface area (Å²) in [4.78, 5) is 40.2. The van der Waals surface area contributed by atoms with Gasteiger partial charge in [-0.15, -0.1) is 0 Å². The minimum Gasteiger partial charge on any atom is -0.352 e. The van der Waals surface area contributed by atoms with Gasteiger partial charge in [-0.3, -0.25) is 14.4 Å². The third-order valence-electron chi connectivity index (χ3n) is 6.31. The maximum atomic E-state index is 13.2. The van der Waals surface area contributed by atoms with E-state index in [4.69, 9.17) is 0 Å². The summed E-state index contributed by atoms with van der Waals surface area (Å²) in [6.07, 6.45) is 0.926. The molecule has 0 saturated carbocycles. The third-order valence-corrected chi connectivity index (χ3v) is 8.15. The number of hydrogen-bond acceptors (Lipinski definition) is 5. The number of rotatable bonds is 10. The Balaban J connectivity index is 1.71. The highest BCUT2D eigenvalue weighted by Crippen LogP contribution is 2.30. The second-order valence-electron chi connectivity index (χ2n) is 8.98. The molecule has 0 radical (unpaired) electrons. The predicted octanol–water partition coefficient (Wildman–Crippen LogP) is 3.25. The quantitative estimate of drug-likeness (QED) is 0.540. The molecular weight excluding hydrogens is 466 g/mol. The van der Waals surface area contributed by atoms with Crippen molar-refractivity contribution >= 4 is 27.7 Å². The molecule has 0 saturated heterocycles. The zero-order valence-electron chi connectivity index (χ0n) is 20.7. The molecule has 2 aromatic carbocycles. The zero-order chi connectivity index (χ0) is 25.8. The molecule has 1 aliphatic heterocycles. The first kappa shape index (κ1) is 26.4. The van der Waals surface area contributed by atoms with Gasteiger partial charge in [0, 0.05) is 25.6 Å². The maximum Gasteiger partial charge on any atom is 0.269 e. The van der Waals surface area contributed by atoms with Crippen molar-refractivity contribution in [2.24, 2.45) is 0 Å². The fourth-order valence-electron chi connectivity index (χ4n) is 3.91. The van der Waals surface area contributed by atoms with Crippen LogP contribution in [0.25, 0.3) is 0 Å². The molecule has 1 N–H and O–H groups in total. The Morgan fingerprint density at radius 3 is 2.34 bits per heavy atom. The molecule has 3 rings (SSSR count). The van der Waals surface area contributed by atoms with Gasteiger partial charge in [0.2, 0.25) is 11.8 Å². The number of amides is 3. The summed E-state index contributed by atoms with van der Waals surface area (Å²) in [5.74, 6) is -1.10. The van der Waals surface area contributed by atoms with Crippen molar-refractivity contribution in [3.8, 4) is 0 Å². The van der Waals surface area contributed by atoms with Gasteiger partial charge in [-0.05, 0) is 51.3 Å². The monoisotopic (exact) mass is 499 g/mol. The lowest BCUT2D eigenvalue weighted by Gasteiger charge is -2.30. The van der Waals surface area contributed by atoms with E-state index in [1.54, 1.807) is 19.1 Å². The Labute approximate surface area is 207 Å². The molecule has 0 bridgehead atoms. The van der Waals surface area contributed by atoms with Gasteiger partial charge in [0.15, 0.2) is 0 Å². The Bertz CT molecular complexity index is 1190. The van der Waals surface area contributed by atoms with Gasteiger partial charge in [0.25, 0.3) is 15.9 Å². The van der Waals surface area contributed by atoms with E-state index >= 15 is 0 Å². The van der Waals surface area contributed by atoms with E-state index in [9.17, 15) is 22.8 Å². The molecule has 0 fully saturated rings. The van der Waals surface area contributed by atoms with Crippen LogP contribution in [0.2, 0.25) is 0 Å². The van der Waals surface area contributed by atoms with Crippen molar-refractivity contribution < 1.29 is 22.8 Å². The number of carbonyl (C=O) groups is 3. The van der Waals surface area contributed by atoms with Crippen LogP contribution in [0, 0.1) is 6.92 Å². The summed E-state index contributed by atoms with van der Waals surface area (Å²) in [5, 5.41) is 2.92. The Hall–Kier alpha value is -3.20. The van der Waals surface area contributed by atoms with Crippen LogP contribution in [0.4, 0.5) is 0 Å². The van der Waals surface area contributed by atoms with Crippen LogP contribution in [0.1, 0.15) is 61.5 Å². The Kier molecular flexibility index (Phi) is 8.32. The number of benzene rings is 2. The van der Waals surface area contributed by atoms with E-state index in [0.29, 0.717) is 0 Å². The van der Waals surface area contributed by atoms with Crippen LogP contribution < -0.4 is 5.32 Å². The fourth-order valence-corrected chi connectivity index (χ4v) is 5.52. The van der Waals surface area contributed by atoms with E-state index in [1.165, 1.54) is 17.0 Å². The van der Waals surface area contributed by atoms with Gasteiger partial charge >= 0.3 is 0 Å². The molecule has 9 heteroatoms. The van der Waals surface area contributed by atoms with Crippen molar-refractivity contribution in [3.63, 3.8) is 0 Å². The number of fused-ring (bicyclic) bond motifs is 1. The molecule has 0 unspecified atom stereocenters. The number of hydrogen-bond donors (Lipinski definition) is 1. The molecule has 0 aliphatic carbocycles. The fraction of sp³-hybridized carbons (Fsp3) is 0.423. The van der Waals surface area contributed by atoms with Crippen LogP contribution in [-0.2, 0) is 26.2 Å². The SMILES string of the molecule is CC[C@H](C)NC(=O)[C@H](C)N(Cc1ccc(C)cc1)C(=O)CCCN1C(=O)c2ccccc2S1(=O)=O. The molecule has 2 aromatic rings. The summed E-state index contributed by atoms with van der Waals surface area (Å²) in [5.41, 5.74) is 2.13. The van der Waals surface area contributed by atoms with Crippen molar-refractivity contribution in [2.75, 3.05) is 6.54 Å². The van der Waals surface area contributed by atoms with E-state index in [2.05, 4.69) is 5.32 Å². The van der Waals surface area contributed by atoms with Crippen molar-refractivity contribution in [1.29, 1.82) is 0 Å². The first-order valence-corrected chi connectivity index (χ1v) is 13.3. The van der Waals surface area contributed by atoms with Crippen molar-refractivity contribution in [2.45, 2.75) is 70.5 Å². The standard InChI is InChI=1S/C26H33N3O5S/c1-5-19(3)27-25(31)20(4)28(17-21-14-12-18(2)13-15-21)24(30)11-8-16-29-26(32)22-9-6-7-10-23(22)35(29,33)34/h6-7,9-10,12-15,19-20H,5,8,11,16-17H2,1-4H3,(H,27,31)/t19-,20-/m0/s1. The van der Waals surface area contributed by atoms with Gasteiger partial charge in [-0.2, -0.15) is 0 Å². The molecule has 3 amide bonds. The minimum absolute atomic E-state index is 0.00244. The number of aryl methyl sites for hydroxylation is 1. The maximum absolute atomic E-state index is 13.2. The van der Waals surface area contributed by atoms with Crippen LogP contribution in [0.15, 0.2) is 53.4 Å². The number of sulfonamides is 1. The number of nitrogens with one attached hydrogen (secondary N) is 1. The number of nitrogens with zero attached hydrogens (tertiary/aromatic N) is 2. The first-order valence-electron chi connectivity index (χ1n) is 11.9. The topological polar surface area (TPSA) is 104 Å². The lowest BCUT2D eigenvalue weighted by molar-refractivity contribution is -0.141. The van der Waals surface area contributed by atoms with Crippen LogP contribution in [0.3, 0.4) is 0 Å². The van der Waals surface area contributed by atoms with Crippen LogP contribution in [-0.4, -0.2) is 54.0 Å². The smallest absolute Gasteiger partial charge is 0.269 e. The zero-order valence-corrected chi connectivity index (χ0v) is 21.5. The van der Waals surface area contributed by atoms with Gasteiger partial charge in [-0.1, -0.05) is 48.9 Å². The average molecular weight is 500 g/mol. The van der Waals surface area contributed by atoms with E-state index < -0.39 is 22.0 Å². The van der Waals surface area contributed by atoms with Crippen molar-refractivity contribution in [3.05, 3.63) is 65.2 Å². The third kappa shape index (κ3) is 5.90. The molecule has 2 atom stereocenters. The molecule has 8 nitrogen and oxygen atoms in total. The highest BCUT2D eigenvalue weighted by molar-refractivity contribution is 7.90. The van der Waals surface area contributed by atoms with E-state index in [1.807, 2.05) is 45.0 Å². The number of carbonyl (C=O) groups excluding carboxylic acids is 3. The van der Waals surface area contributed by atoms with Gasteiger partial charge in [0.05, 0.1) is 5.56 Å².